The molecule has 1 aromatic heterocycles. The predicted molar refractivity (Wildman–Crippen MR) is 186 cm³/mol. The van der Waals surface area contributed by atoms with Crippen molar-refractivity contribution in [3.05, 3.63) is 145 Å². The molecule has 0 atom stereocenters. The molecule has 0 saturated heterocycles. The molecule has 206 valence electrons. The van der Waals surface area contributed by atoms with Gasteiger partial charge in [-0.25, -0.2) is 0 Å². The predicted octanol–water partition coefficient (Wildman–Crippen LogP) is 12.1. The van der Waals surface area contributed by atoms with Gasteiger partial charge in [-0.3, -0.25) is 0 Å². The Labute approximate surface area is 255 Å². The quantitative estimate of drug-likeness (QED) is 0.151. The van der Waals surface area contributed by atoms with Crippen molar-refractivity contribution in [3.63, 3.8) is 0 Å². The van der Waals surface area contributed by atoms with Gasteiger partial charge in [0.25, 0.3) is 0 Å². The van der Waals surface area contributed by atoms with E-state index in [-0.39, 0.29) is 5.41 Å². The lowest BCUT2D eigenvalue weighted by Crippen LogP contribution is -2.16. The molecule has 0 saturated carbocycles. The number of furan rings is 1. The molecule has 1 heteroatoms. The van der Waals surface area contributed by atoms with Crippen LogP contribution in [-0.4, -0.2) is 0 Å². The van der Waals surface area contributed by atoms with Crippen LogP contribution in [0.1, 0.15) is 25.0 Å². The molecule has 8 aromatic carbocycles. The first-order valence-corrected chi connectivity index (χ1v) is 15.4. The number of benzene rings is 8. The fourth-order valence-electron chi connectivity index (χ4n) is 8.43. The lowest BCUT2D eigenvalue weighted by molar-refractivity contribution is 0.662. The maximum Gasteiger partial charge on any atom is 0.136 e. The smallest absolute Gasteiger partial charge is 0.136 e. The first-order chi connectivity index (χ1) is 21.6. The van der Waals surface area contributed by atoms with Crippen LogP contribution in [0.3, 0.4) is 0 Å². The minimum absolute atomic E-state index is 0.108. The molecular weight excluding hydrogens is 532 g/mol. The highest BCUT2D eigenvalue weighted by atomic mass is 16.3. The number of hydrogen-bond donors (Lipinski definition) is 0. The molecule has 0 spiro atoms. The average molecular weight is 561 g/mol. The van der Waals surface area contributed by atoms with Gasteiger partial charge in [-0.2, -0.15) is 0 Å². The van der Waals surface area contributed by atoms with Gasteiger partial charge in [0, 0.05) is 16.2 Å². The Morgan fingerprint density at radius 3 is 1.75 bits per heavy atom. The molecule has 0 bridgehead atoms. The second-order valence-corrected chi connectivity index (χ2v) is 12.8. The van der Waals surface area contributed by atoms with Crippen molar-refractivity contribution in [3.8, 4) is 33.4 Å². The normalized spacial score (nSPS) is 13.9. The van der Waals surface area contributed by atoms with Crippen LogP contribution in [0, 0.1) is 0 Å². The Kier molecular flexibility index (Phi) is 4.58. The minimum Gasteiger partial charge on any atom is -0.456 e. The Balaban J connectivity index is 1.35. The second kappa shape index (κ2) is 8.36. The fourth-order valence-corrected chi connectivity index (χ4v) is 8.43. The molecule has 9 aromatic rings. The second-order valence-electron chi connectivity index (χ2n) is 12.8. The van der Waals surface area contributed by atoms with Gasteiger partial charge >= 0.3 is 0 Å². The zero-order valence-corrected chi connectivity index (χ0v) is 24.6. The van der Waals surface area contributed by atoms with Gasteiger partial charge in [0.1, 0.15) is 11.2 Å². The lowest BCUT2D eigenvalue weighted by atomic mass is 9.76. The van der Waals surface area contributed by atoms with Gasteiger partial charge in [-0.05, 0) is 95.0 Å². The largest absolute Gasteiger partial charge is 0.456 e. The third kappa shape index (κ3) is 2.94. The highest BCUT2D eigenvalue weighted by Gasteiger charge is 2.38. The van der Waals surface area contributed by atoms with Crippen molar-refractivity contribution < 1.29 is 4.42 Å². The van der Waals surface area contributed by atoms with Gasteiger partial charge in [-0.15, -0.1) is 0 Å². The first kappa shape index (κ1) is 24.1. The Hall–Kier alpha value is -5.40. The molecule has 0 radical (unpaired) electrons. The van der Waals surface area contributed by atoms with E-state index in [4.69, 9.17) is 4.42 Å². The molecule has 0 fully saturated rings. The highest BCUT2D eigenvalue weighted by Crippen LogP contribution is 2.55. The number of hydrogen-bond acceptors (Lipinski definition) is 1. The van der Waals surface area contributed by atoms with Gasteiger partial charge in [-0.1, -0.05) is 129 Å². The van der Waals surface area contributed by atoms with E-state index >= 15 is 0 Å². The molecule has 1 aliphatic rings. The van der Waals surface area contributed by atoms with E-state index in [0.29, 0.717) is 0 Å². The Morgan fingerprint density at radius 1 is 0.409 bits per heavy atom. The van der Waals surface area contributed by atoms with Crippen molar-refractivity contribution in [1.82, 2.24) is 0 Å². The van der Waals surface area contributed by atoms with Crippen molar-refractivity contribution in [2.45, 2.75) is 19.3 Å². The molecule has 0 unspecified atom stereocenters. The Morgan fingerprint density at radius 2 is 1.00 bits per heavy atom. The molecule has 10 rings (SSSR count). The SMILES string of the molecule is CC1(C)c2ccccc2-c2cccc(-c3c4ccccc4c(-c4ccc5oc6cccc7ccc4c5c76)c4ccccc34)c21. The van der Waals surface area contributed by atoms with Crippen LogP contribution in [0.2, 0.25) is 0 Å². The maximum absolute atomic E-state index is 6.35. The first-order valence-electron chi connectivity index (χ1n) is 15.4. The van der Waals surface area contributed by atoms with E-state index in [1.54, 1.807) is 0 Å². The molecular formula is C43H28O. The van der Waals surface area contributed by atoms with E-state index in [2.05, 4.69) is 147 Å². The van der Waals surface area contributed by atoms with E-state index in [0.717, 1.165) is 11.2 Å². The summed E-state index contributed by atoms with van der Waals surface area (Å²) in [6.07, 6.45) is 0. The van der Waals surface area contributed by atoms with Gasteiger partial charge in [0.05, 0.1) is 0 Å². The summed E-state index contributed by atoms with van der Waals surface area (Å²) < 4.78 is 6.35. The summed E-state index contributed by atoms with van der Waals surface area (Å²) >= 11 is 0. The molecule has 1 aliphatic carbocycles. The van der Waals surface area contributed by atoms with Crippen LogP contribution >= 0.6 is 0 Å². The van der Waals surface area contributed by atoms with E-state index in [1.807, 2.05) is 0 Å². The van der Waals surface area contributed by atoms with Crippen LogP contribution in [-0.2, 0) is 5.41 Å². The summed E-state index contributed by atoms with van der Waals surface area (Å²) in [7, 11) is 0. The van der Waals surface area contributed by atoms with Crippen molar-refractivity contribution in [2.24, 2.45) is 0 Å². The van der Waals surface area contributed by atoms with Crippen LogP contribution in [0.25, 0.3) is 87.6 Å². The van der Waals surface area contributed by atoms with Gasteiger partial charge in [0.15, 0.2) is 0 Å². The molecule has 1 nitrogen and oxygen atoms in total. The summed E-state index contributed by atoms with van der Waals surface area (Å²) in [6, 6.07) is 49.2. The maximum atomic E-state index is 6.35. The molecule has 0 N–H and O–H groups in total. The van der Waals surface area contributed by atoms with E-state index in [9.17, 15) is 0 Å². The summed E-state index contributed by atoms with van der Waals surface area (Å²) in [5.74, 6) is 0. The fraction of sp³-hybridized carbons (Fsp3) is 0.0698. The summed E-state index contributed by atoms with van der Waals surface area (Å²) in [4.78, 5) is 0. The van der Waals surface area contributed by atoms with Crippen molar-refractivity contribution >= 4 is 54.3 Å². The third-order valence-corrected chi connectivity index (χ3v) is 10.2. The zero-order valence-electron chi connectivity index (χ0n) is 24.6. The molecule has 0 aliphatic heterocycles. The van der Waals surface area contributed by atoms with Crippen molar-refractivity contribution in [1.29, 1.82) is 0 Å². The van der Waals surface area contributed by atoms with Crippen LogP contribution in [0.15, 0.2) is 138 Å². The van der Waals surface area contributed by atoms with Crippen molar-refractivity contribution in [2.75, 3.05) is 0 Å². The Bertz CT molecular complexity index is 2570. The molecule has 0 amide bonds. The van der Waals surface area contributed by atoms with Gasteiger partial charge in [0.2, 0.25) is 0 Å². The summed E-state index contributed by atoms with van der Waals surface area (Å²) in [5.41, 5.74) is 12.5. The average Bonchev–Trinajstić information content (AvgIpc) is 3.56. The number of rotatable bonds is 2. The monoisotopic (exact) mass is 560 g/mol. The molecule has 1 heterocycles. The van der Waals surface area contributed by atoms with E-state index < -0.39 is 0 Å². The zero-order chi connectivity index (χ0) is 29.2. The standard InChI is InChI=1S/C43H28O/c1-43(2)35-19-8-7-12-26(35)33-17-10-18-34(42(33)43)40-29-15-5-3-13-27(29)39(28-14-4-6-16-30(28)40)31-23-24-37-41-32(31)22-21-25-11-9-20-36(44-37)38(25)41/h3-24H,1-2H3. The molecule has 44 heavy (non-hydrogen) atoms. The highest BCUT2D eigenvalue weighted by molar-refractivity contribution is 6.29. The van der Waals surface area contributed by atoms with Crippen LogP contribution in [0.5, 0.6) is 0 Å². The van der Waals surface area contributed by atoms with Gasteiger partial charge < -0.3 is 4.42 Å². The summed E-state index contributed by atoms with van der Waals surface area (Å²) in [5, 5.41) is 10.0. The topological polar surface area (TPSA) is 13.1 Å². The number of fused-ring (bicyclic) bond motifs is 5. The summed E-state index contributed by atoms with van der Waals surface area (Å²) in [6.45, 7) is 4.77. The van der Waals surface area contributed by atoms with Crippen LogP contribution < -0.4 is 0 Å². The van der Waals surface area contributed by atoms with E-state index in [1.165, 1.54) is 87.6 Å². The van der Waals surface area contributed by atoms with Crippen LogP contribution in [0.4, 0.5) is 0 Å². The third-order valence-electron chi connectivity index (χ3n) is 10.2. The lowest BCUT2D eigenvalue weighted by Gasteiger charge is -2.26. The minimum atomic E-state index is -0.108.